The maximum atomic E-state index is 13.5. The molecule has 2 heterocycles. The summed E-state index contributed by atoms with van der Waals surface area (Å²) in [5.74, 6) is -0.0653. The molecule has 1 aromatic heterocycles. The van der Waals surface area contributed by atoms with Gasteiger partial charge in [0.2, 0.25) is 5.76 Å². The van der Waals surface area contributed by atoms with Crippen LogP contribution in [0.25, 0.3) is 11.0 Å². The van der Waals surface area contributed by atoms with Gasteiger partial charge in [0.25, 0.3) is 5.91 Å². The van der Waals surface area contributed by atoms with Crippen LogP contribution in [0.3, 0.4) is 0 Å². The average Bonchev–Trinajstić information content (AvgIpc) is 2.95. The molecule has 5 nitrogen and oxygen atoms in total. The predicted molar refractivity (Wildman–Crippen MR) is 118 cm³/mol. The normalized spacial score (nSPS) is 16.1. The van der Waals surface area contributed by atoms with Crippen LogP contribution in [0, 0.1) is 13.8 Å². The van der Waals surface area contributed by atoms with Gasteiger partial charge >= 0.3 is 0 Å². The highest BCUT2D eigenvalue weighted by Crippen LogP contribution is 2.38. The van der Waals surface area contributed by atoms with Gasteiger partial charge < -0.3 is 14.2 Å². The van der Waals surface area contributed by atoms with Crippen LogP contribution in [0.1, 0.15) is 38.9 Å². The Hall–Kier alpha value is -2.44. The summed E-state index contributed by atoms with van der Waals surface area (Å²) in [6.07, 6.45) is 0. The summed E-state index contributed by atoms with van der Waals surface area (Å²) >= 11 is 3.46. The molecule has 1 aliphatic rings. The third kappa shape index (κ3) is 3.40. The first-order valence-corrected chi connectivity index (χ1v) is 10.4. The molecule has 0 bridgehead atoms. The lowest BCUT2D eigenvalue weighted by atomic mass is 9.97. The van der Waals surface area contributed by atoms with Crippen LogP contribution in [-0.4, -0.2) is 42.9 Å². The summed E-state index contributed by atoms with van der Waals surface area (Å²) in [4.78, 5) is 30.5. The van der Waals surface area contributed by atoms with Crippen molar-refractivity contribution in [3.8, 4) is 0 Å². The topological polar surface area (TPSA) is 53.8 Å². The van der Waals surface area contributed by atoms with E-state index in [9.17, 15) is 9.59 Å². The standard InChI is InChI=1S/C23H23BrN2O3/c1-13-11-17-18(12-14(13)2)29-22-19(21(17)27)20(15-5-7-16(24)8-6-15)26(23(22)28)10-9-25(3)4/h5-8,11-12,20H,9-10H2,1-4H3/t20-/m0/s1. The second-order valence-corrected chi connectivity index (χ2v) is 8.78. The van der Waals surface area contributed by atoms with Gasteiger partial charge in [-0.15, -0.1) is 0 Å². The van der Waals surface area contributed by atoms with Crippen molar-refractivity contribution in [2.24, 2.45) is 0 Å². The zero-order valence-corrected chi connectivity index (χ0v) is 18.5. The number of carbonyl (C=O) groups is 1. The monoisotopic (exact) mass is 454 g/mol. The lowest BCUT2D eigenvalue weighted by Gasteiger charge is -2.26. The van der Waals surface area contributed by atoms with Crippen LogP contribution in [0.5, 0.6) is 0 Å². The van der Waals surface area contributed by atoms with Gasteiger partial charge in [-0.3, -0.25) is 9.59 Å². The number of rotatable bonds is 4. The smallest absolute Gasteiger partial charge is 0.290 e. The van der Waals surface area contributed by atoms with Crippen LogP contribution < -0.4 is 5.43 Å². The average molecular weight is 455 g/mol. The zero-order valence-electron chi connectivity index (χ0n) is 17.0. The molecule has 0 radical (unpaired) electrons. The van der Waals surface area contributed by atoms with E-state index in [1.54, 1.807) is 4.90 Å². The van der Waals surface area contributed by atoms with E-state index in [0.717, 1.165) is 21.2 Å². The summed E-state index contributed by atoms with van der Waals surface area (Å²) in [5.41, 5.74) is 3.73. The Balaban J connectivity index is 1.96. The summed E-state index contributed by atoms with van der Waals surface area (Å²) in [6, 6.07) is 11.0. The van der Waals surface area contributed by atoms with E-state index < -0.39 is 6.04 Å². The Labute approximate surface area is 178 Å². The second kappa shape index (κ2) is 7.43. The summed E-state index contributed by atoms with van der Waals surface area (Å²) in [7, 11) is 3.93. The molecule has 1 amide bonds. The van der Waals surface area contributed by atoms with E-state index in [-0.39, 0.29) is 17.1 Å². The quantitative estimate of drug-likeness (QED) is 0.590. The van der Waals surface area contributed by atoms with Crippen molar-refractivity contribution in [2.75, 3.05) is 27.2 Å². The number of amides is 1. The van der Waals surface area contributed by atoms with Crippen molar-refractivity contribution in [1.29, 1.82) is 0 Å². The second-order valence-electron chi connectivity index (χ2n) is 7.86. The van der Waals surface area contributed by atoms with Gasteiger partial charge in [-0.05, 0) is 68.9 Å². The third-order valence-corrected chi connectivity index (χ3v) is 6.08. The third-order valence-electron chi connectivity index (χ3n) is 5.56. The van der Waals surface area contributed by atoms with E-state index >= 15 is 0 Å². The van der Waals surface area contributed by atoms with Gasteiger partial charge in [0.05, 0.1) is 17.0 Å². The first-order valence-electron chi connectivity index (χ1n) is 9.57. The fourth-order valence-electron chi connectivity index (χ4n) is 3.81. The Morgan fingerprint density at radius 2 is 1.72 bits per heavy atom. The van der Waals surface area contributed by atoms with Crippen LogP contribution in [-0.2, 0) is 0 Å². The van der Waals surface area contributed by atoms with Crippen molar-refractivity contribution >= 4 is 32.8 Å². The Kier molecular flexibility index (Phi) is 5.09. The molecule has 1 atom stereocenters. The first-order chi connectivity index (χ1) is 13.8. The molecule has 29 heavy (non-hydrogen) atoms. The van der Waals surface area contributed by atoms with E-state index in [1.807, 2.05) is 69.2 Å². The molecule has 2 aromatic carbocycles. The molecule has 0 aliphatic carbocycles. The molecule has 0 N–H and O–H groups in total. The summed E-state index contributed by atoms with van der Waals surface area (Å²) in [6.45, 7) is 5.14. The Morgan fingerprint density at radius 1 is 1.07 bits per heavy atom. The predicted octanol–water partition coefficient (Wildman–Crippen LogP) is 4.28. The first kappa shape index (κ1) is 19.9. The minimum absolute atomic E-state index is 0.127. The molecule has 0 spiro atoms. The summed E-state index contributed by atoms with van der Waals surface area (Å²) < 4.78 is 6.98. The highest BCUT2D eigenvalue weighted by molar-refractivity contribution is 9.10. The highest BCUT2D eigenvalue weighted by Gasteiger charge is 2.42. The fourth-order valence-corrected chi connectivity index (χ4v) is 4.07. The molecular weight excluding hydrogens is 432 g/mol. The number of likely N-dealkylation sites (N-methyl/N-ethyl adjacent to an activating group) is 1. The van der Waals surface area contributed by atoms with Gasteiger partial charge in [0.15, 0.2) is 5.43 Å². The molecule has 6 heteroatoms. The van der Waals surface area contributed by atoms with Gasteiger partial charge in [-0.25, -0.2) is 0 Å². The molecule has 0 saturated carbocycles. The van der Waals surface area contributed by atoms with Gasteiger partial charge in [-0.2, -0.15) is 0 Å². The lowest BCUT2D eigenvalue weighted by Crippen LogP contribution is -2.35. The molecule has 3 aromatic rings. The number of aryl methyl sites for hydroxylation is 2. The maximum Gasteiger partial charge on any atom is 0.290 e. The molecule has 4 rings (SSSR count). The number of hydrogen-bond donors (Lipinski definition) is 0. The molecule has 0 unspecified atom stereocenters. The lowest BCUT2D eigenvalue weighted by molar-refractivity contribution is 0.0716. The minimum atomic E-state index is -0.451. The molecule has 0 fully saturated rings. The van der Waals surface area contributed by atoms with Crippen LogP contribution in [0.2, 0.25) is 0 Å². The van der Waals surface area contributed by atoms with Crippen LogP contribution in [0.15, 0.2) is 50.1 Å². The van der Waals surface area contributed by atoms with Gasteiger partial charge in [-0.1, -0.05) is 28.1 Å². The van der Waals surface area contributed by atoms with Crippen molar-refractivity contribution < 1.29 is 9.21 Å². The number of nitrogens with zero attached hydrogens (tertiary/aromatic N) is 2. The van der Waals surface area contributed by atoms with Gasteiger partial charge in [0.1, 0.15) is 5.58 Å². The molecule has 150 valence electrons. The maximum absolute atomic E-state index is 13.5. The largest absolute Gasteiger partial charge is 0.450 e. The van der Waals surface area contributed by atoms with Crippen LogP contribution in [0.4, 0.5) is 0 Å². The molecular formula is C23H23BrN2O3. The number of fused-ring (bicyclic) bond motifs is 2. The van der Waals surface area contributed by atoms with E-state index in [0.29, 0.717) is 29.6 Å². The van der Waals surface area contributed by atoms with Crippen molar-refractivity contribution in [1.82, 2.24) is 9.80 Å². The number of halogens is 1. The Bertz CT molecular complexity index is 1170. The van der Waals surface area contributed by atoms with Gasteiger partial charge in [0, 0.05) is 17.6 Å². The van der Waals surface area contributed by atoms with Crippen molar-refractivity contribution in [2.45, 2.75) is 19.9 Å². The van der Waals surface area contributed by atoms with E-state index in [2.05, 4.69) is 15.9 Å². The highest BCUT2D eigenvalue weighted by atomic mass is 79.9. The molecule has 1 aliphatic heterocycles. The van der Waals surface area contributed by atoms with E-state index in [4.69, 9.17) is 4.42 Å². The number of hydrogen-bond acceptors (Lipinski definition) is 4. The zero-order chi connectivity index (χ0) is 20.9. The molecule has 0 saturated heterocycles. The Morgan fingerprint density at radius 3 is 2.38 bits per heavy atom. The van der Waals surface area contributed by atoms with E-state index in [1.165, 1.54) is 0 Å². The summed E-state index contributed by atoms with van der Waals surface area (Å²) in [5, 5.41) is 0.524. The van der Waals surface area contributed by atoms with Crippen molar-refractivity contribution in [3.63, 3.8) is 0 Å². The number of carbonyl (C=O) groups excluding carboxylic acids is 1. The van der Waals surface area contributed by atoms with Crippen LogP contribution >= 0.6 is 15.9 Å². The SMILES string of the molecule is Cc1cc2oc3c(c(=O)c2cc1C)[C@H](c1ccc(Br)cc1)N(CCN(C)C)C3=O. The fraction of sp³-hybridized carbons (Fsp3) is 0.304. The number of benzene rings is 2. The van der Waals surface area contributed by atoms with Crippen molar-refractivity contribution in [3.05, 3.63) is 79.1 Å². The minimum Gasteiger partial charge on any atom is -0.450 e.